The zero-order valence-electron chi connectivity index (χ0n) is 12.1. The Hall–Kier alpha value is -1.58. The van der Waals surface area contributed by atoms with Crippen LogP contribution < -0.4 is 5.32 Å². The SMILES string of the molecule is C=CCN(C)Cc1oc2ccccc2c1CNC1CC1. The van der Waals surface area contributed by atoms with Crippen molar-refractivity contribution in [2.45, 2.75) is 32.0 Å². The minimum atomic E-state index is 0.711. The van der Waals surface area contributed by atoms with E-state index in [9.17, 15) is 0 Å². The zero-order valence-corrected chi connectivity index (χ0v) is 12.1. The Morgan fingerprint density at radius 1 is 1.40 bits per heavy atom. The number of para-hydroxylation sites is 1. The number of likely N-dealkylation sites (N-methyl/N-ethyl adjacent to an activating group) is 1. The van der Waals surface area contributed by atoms with E-state index in [2.05, 4.69) is 36.0 Å². The summed E-state index contributed by atoms with van der Waals surface area (Å²) in [6.07, 6.45) is 4.54. The van der Waals surface area contributed by atoms with Crippen LogP contribution in [-0.2, 0) is 13.1 Å². The molecule has 106 valence electrons. The number of hydrogen-bond acceptors (Lipinski definition) is 3. The first-order valence-electron chi connectivity index (χ1n) is 7.30. The van der Waals surface area contributed by atoms with Crippen molar-refractivity contribution in [3.05, 3.63) is 48.2 Å². The van der Waals surface area contributed by atoms with E-state index in [1.807, 2.05) is 18.2 Å². The maximum Gasteiger partial charge on any atom is 0.134 e. The third-order valence-corrected chi connectivity index (χ3v) is 3.78. The number of benzene rings is 1. The van der Waals surface area contributed by atoms with Crippen molar-refractivity contribution in [2.24, 2.45) is 0 Å². The fourth-order valence-electron chi connectivity index (χ4n) is 2.53. The quantitative estimate of drug-likeness (QED) is 0.782. The first kappa shape index (κ1) is 13.4. The van der Waals surface area contributed by atoms with Crippen LogP contribution >= 0.6 is 0 Å². The molecule has 20 heavy (non-hydrogen) atoms. The van der Waals surface area contributed by atoms with Gasteiger partial charge in [0.1, 0.15) is 11.3 Å². The van der Waals surface area contributed by atoms with Crippen molar-refractivity contribution >= 4 is 11.0 Å². The molecule has 3 rings (SSSR count). The van der Waals surface area contributed by atoms with E-state index in [4.69, 9.17) is 4.42 Å². The highest BCUT2D eigenvalue weighted by Crippen LogP contribution is 2.28. The zero-order chi connectivity index (χ0) is 13.9. The van der Waals surface area contributed by atoms with Gasteiger partial charge in [-0.15, -0.1) is 6.58 Å². The van der Waals surface area contributed by atoms with Gasteiger partial charge in [0, 0.05) is 30.1 Å². The molecule has 0 aliphatic heterocycles. The molecule has 0 radical (unpaired) electrons. The second-order valence-electron chi connectivity index (χ2n) is 5.64. The Morgan fingerprint density at radius 2 is 2.20 bits per heavy atom. The van der Waals surface area contributed by atoms with E-state index in [1.54, 1.807) is 0 Å². The third kappa shape index (κ3) is 2.94. The molecule has 1 fully saturated rings. The lowest BCUT2D eigenvalue weighted by molar-refractivity contribution is 0.325. The fraction of sp³-hybridized carbons (Fsp3) is 0.412. The van der Waals surface area contributed by atoms with Crippen molar-refractivity contribution in [1.29, 1.82) is 0 Å². The highest BCUT2D eigenvalue weighted by molar-refractivity contribution is 5.82. The van der Waals surface area contributed by atoms with Crippen molar-refractivity contribution in [3.63, 3.8) is 0 Å². The minimum Gasteiger partial charge on any atom is -0.459 e. The van der Waals surface area contributed by atoms with Crippen molar-refractivity contribution in [1.82, 2.24) is 10.2 Å². The summed E-state index contributed by atoms with van der Waals surface area (Å²) in [5.74, 6) is 1.07. The lowest BCUT2D eigenvalue weighted by Gasteiger charge is -2.13. The summed E-state index contributed by atoms with van der Waals surface area (Å²) in [6.45, 7) is 6.38. The van der Waals surface area contributed by atoms with E-state index < -0.39 is 0 Å². The molecule has 0 spiro atoms. The lowest BCUT2D eigenvalue weighted by atomic mass is 10.1. The molecule has 0 saturated heterocycles. The summed E-state index contributed by atoms with van der Waals surface area (Å²) in [4.78, 5) is 2.21. The summed E-state index contributed by atoms with van der Waals surface area (Å²) in [5.41, 5.74) is 2.30. The molecule has 1 aromatic heterocycles. The second kappa shape index (κ2) is 5.81. The third-order valence-electron chi connectivity index (χ3n) is 3.78. The number of nitrogens with zero attached hydrogens (tertiary/aromatic N) is 1. The van der Waals surface area contributed by atoms with Gasteiger partial charge in [-0.1, -0.05) is 24.3 Å². The van der Waals surface area contributed by atoms with Gasteiger partial charge in [0.25, 0.3) is 0 Å². The van der Waals surface area contributed by atoms with E-state index in [1.165, 1.54) is 23.8 Å². The predicted octanol–water partition coefficient (Wildman–Crippen LogP) is 3.30. The fourth-order valence-corrected chi connectivity index (χ4v) is 2.53. The average Bonchev–Trinajstić information content (AvgIpc) is 3.19. The Kier molecular flexibility index (Phi) is 3.90. The normalized spacial score (nSPS) is 15.1. The van der Waals surface area contributed by atoms with Crippen LogP contribution in [0.5, 0.6) is 0 Å². The first-order valence-corrected chi connectivity index (χ1v) is 7.30. The smallest absolute Gasteiger partial charge is 0.134 e. The molecule has 0 unspecified atom stereocenters. The molecule has 1 aliphatic rings. The van der Waals surface area contributed by atoms with Crippen molar-refractivity contribution < 1.29 is 4.42 Å². The van der Waals surface area contributed by atoms with Crippen LogP contribution in [0.3, 0.4) is 0 Å². The Labute approximate surface area is 120 Å². The summed E-state index contributed by atoms with van der Waals surface area (Å²) < 4.78 is 6.05. The number of hydrogen-bond donors (Lipinski definition) is 1. The van der Waals surface area contributed by atoms with Crippen LogP contribution in [0.15, 0.2) is 41.3 Å². The molecule has 1 aromatic carbocycles. The molecule has 1 N–H and O–H groups in total. The molecule has 1 aliphatic carbocycles. The van der Waals surface area contributed by atoms with Crippen LogP contribution in [0.4, 0.5) is 0 Å². The van der Waals surface area contributed by atoms with Crippen molar-refractivity contribution in [2.75, 3.05) is 13.6 Å². The lowest BCUT2D eigenvalue weighted by Crippen LogP contribution is -2.20. The standard InChI is InChI=1S/C17H22N2O/c1-3-10-19(2)12-17-15(11-18-13-8-9-13)14-6-4-5-7-16(14)20-17/h3-7,13,18H,1,8-12H2,2H3. The summed E-state index contributed by atoms with van der Waals surface area (Å²) in [6, 6.07) is 9.02. The molecule has 1 heterocycles. The molecule has 3 heteroatoms. The maximum atomic E-state index is 6.05. The monoisotopic (exact) mass is 270 g/mol. The van der Waals surface area contributed by atoms with Gasteiger partial charge in [-0.25, -0.2) is 0 Å². The van der Waals surface area contributed by atoms with Gasteiger partial charge < -0.3 is 9.73 Å². The van der Waals surface area contributed by atoms with E-state index >= 15 is 0 Å². The summed E-state index contributed by atoms with van der Waals surface area (Å²) in [5, 5.41) is 4.84. The van der Waals surface area contributed by atoms with Crippen molar-refractivity contribution in [3.8, 4) is 0 Å². The van der Waals surface area contributed by atoms with Crippen LogP contribution in [0.2, 0.25) is 0 Å². The van der Waals surface area contributed by atoms with Gasteiger partial charge in [-0.2, -0.15) is 0 Å². The Bertz CT molecular complexity index is 598. The van der Waals surface area contributed by atoms with E-state index in [0.29, 0.717) is 6.04 Å². The molecule has 3 nitrogen and oxygen atoms in total. The highest BCUT2D eigenvalue weighted by Gasteiger charge is 2.22. The average molecular weight is 270 g/mol. The molecular formula is C17H22N2O. The first-order chi connectivity index (χ1) is 9.78. The highest BCUT2D eigenvalue weighted by atomic mass is 16.3. The van der Waals surface area contributed by atoms with Gasteiger partial charge in [0.2, 0.25) is 0 Å². The molecule has 0 amide bonds. The molecule has 2 aromatic rings. The number of fused-ring (bicyclic) bond motifs is 1. The number of furan rings is 1. The molecule has 0 bridgehead atoms. The second-order valence-corrected chi connectivity index (χ2v) is 5.64. The van der Waals surface area contributed by atoms with Crippen LogP contribution in [-0.4, -0.2) is 24.5 Å². The predicted molar refractivity (Wildman–Crippen MR) is 82.6 cm³/mol. The Balaban J connectivity index is 1.86. The maximum absolute atomic E-state index is 6.05. The number of nitrogens with one attached hydrogen (secondary N) is 1. The molecule has 1 saturated carbocycles. The largest absolute Gasteiger partial charge is 0.459 e. The van der Waals surface area contributed by atoms with Gasteiger partial charge >= 0.3 is 0 Å². The van der Waals surface area contributed by atoms with Gasteiger partial charge in [0.15, 0.2) is 0 Å². The van der Waals surface area contributed by atoms with Gasteiger partial charge in [-0.3, -0.25) is 4.90 Å². The minimum absolute atomic E-state index is 0.711. The van der Waals surface area contributed by atoms with E-state index in [-0.39, 0.29) is 0 Å². The number of rotatable bonds is 7. The van der Waals surface area contributed by atoms with Crippen LogP contribution in [0, 0.1) is 0 Å². The molecule has 0 atom stereocenters. The molecular weight excluding hydrogens is 248 g/mol. The van der Waals surface area contributed by atoms with Crippen LogP contribution in [0.25, 0.3) is 11.0 Å². The topological polar surface area (TPSA) is 28.4 Å². The van der Waals surface area contributed by atoms with Crippen LogP contribution in [0.1, 0.15) is 24.2 Å². The van der Waals surface area contributed by atoms with Gasteiger partial charge in [-0.05, 0) is 26.0 Å². The van der Waals surface area contributed by atoms with E-state index in [0.717, 1.165) is 31.0 Å². The van der Waals surface area contributed by atoms with Gasteiger partial charge in [0.05, 0.1) is 6.54 Å². The Morgan fingerprint density at radius 3 is 2.95 bits per heavy atom. The summed E-state index contributed by atoms with van der Waals surface area (Å²) >= 11 is 0. The summed E-state index contributed by atoms with van der Waals surface area (Å²) in [7, 11) is 2.09.